The van der Waals surface area contributed by atoms with Crippen LogP contribution in [0.15, 0.2) is 11.6 Å². The summed E-state index contributed by atoms with van der Waals surface area (Å²) in [5, 5.41) is 46.1. The zero-order valence-corrected chi connectivity index (χ0v) is 24.0. The van der Waals surface area contributed by atoms with Crippen molar-refractivity contribution < 1.29 is 44.3 Å². The number of ketones is 2. The molecule has 2 bridgehead atoms. The number of hydrogen-bond acceptors (Lipinski definition) is 9. The highest BCUT2D eigenvalue weighted by molar-refractivity contribution is 5.96. The molecule has 4 fully saturated rings. The summed E-state index contributed by atoms with van der Waals surface area (Å²) < 4.78 is 12.1. The Morgan fingerprint density at radius 2 is 1.79 bits per heavy atom. The zero-order chi connectivity index (χ0) is 29.0. The molecule has 2 heterocycles. The minimum atomic E-state index is -2.06. The van der Waals surface area contributed by atoms with Crippen molar-refractivity contribution in [1.82, 2.24) is 0 Å². The van der Waals surface area contributed by atoms with Crippen molar-refractivity contribution >= 4 is 17.5 Å². The maximum absolute atomic E-state index is 13.6. The molecule has 2 aliphatic heterocycles. The summed E-state index contributed by atoms with van der Waals surface area (Å²) in [6.45, 7) is 12.7. The summed E-state index contributed by atoms with van der Waals surface area (Å²) in [6, 6.07) is 0. The largest absolute Gasteiger partial charge is 0.461 e. The second-order valence-electron chi connectivity index (χ2n) is 14.0. The second-order valence-corrected chi connectivity index (χ2v) is 14.0. The molecular formula is C30H44O9. The molecule has 5 rings (SSSR count). The first-order valence-electron chi connectivity index (χ1n) is 14.4. The monoisotopic (exact) mass is 548 g/mol. The van der Waals surface area contributed by atoms with Crippen LogP contribution < -0.4 is 0 Å². The number of esters is 1. The molecule has 1 spiro atoms. The van der Waals surface area contributed by atoms with E-state index in [9.17, 15) is 34.8 Å². The molecule has 0 aromatic rings. The van der Waals surface area contributed by atoms with Gasteiger partial charge >= 0.3 is 5.97 Å². The van der Waals surface area contributed by atoms with Gasteiger partial charge in [0.05, 0.1) is 18.1 Å². The lowest BCUT2D eigenvalue weighted by atomic mass is 9.37. The molecule has 39 heavy (non-hydrogen) atoms. The predicted octanol–water partition coefficient (Wildman–Crippen LogP) is 1.78. The number of aliphatic hydroxyl groups excluding tert-OH is 2. The Morgan fingerprint density at radius 3 is 2.38 bits per heavy atom. The highest BCUT2D eigenvalue weighted by atomic mass is 16.6. The Morgan fingerprint density at radius 1 is 1.18 bits per heavy atom. The van der Waals surface area contributed by atoms with Gasteiger partial charge in [-0.2, -0.15) is 0 Å². The lowest BCUT2D eigenvalue weighted by Crippen LogP contribution is -2.77. The van der Waals surface area contributed by atoms with Gasteiger partial charge in [-0.25, -0.2) is 0 Å². The number of fused-ring (bicyclic) bond motifs is 1. The summed E-state index contributed by atoms with van der Waals surface area (Å²) in [7, 11) is 0. The molecule has 0 radical (unpaired) electrons. The number of Topliss-reactive ketones (excluding diaryl/α,β-unsaturated/α-hetero) is 1. The van der Waals surface area contributed by atoms with Crippen molar-refractivity contribution in [2.75, 3.05) is 6.61 Å². The molecule has 2 saturated heterocycles. The van der Waals surface area contributed by atoms with Gasteiger partial charge in [-0.1, -0.05) is 47.1 Å². The molecule has 0 aromatic heterocycles. The summed E-state index contributed by atoms with van der Waals surface area (Å²) in [6.07, 6.45) is -2.08. The highest BCUT2D eigenvalue weighted by Gasteiger charge is 2.83. The van der Waals surface area contributed by atoms with Crippen molar-refractivity contribution in [2.45, 2.75) is 97.4 Å². The van der Waals surface area contributed by atoms with Gasteiger partial charge < -0.3 is 29.9 Å². The lowest BCUT2D eigenvalue weighted by molar-refractivity contribution is -0.337. The van der Waals surface area contributed by atoms with Gasteiger partial charge in [-0.15, -0.1) is 0 Å². The smallest absolute Gasteiger partial charge is 0.309 e. The molecule has 218 valence electrons. The van der Waals surface area contributed by atoms with Gasteiger partial charge in [0.25, 0.3) is 0 Å². The molecule has 11 atom stereocenters. The zero-order valence-electron chi connectivity index (χ0n) is 24.0. The number of carbonyl (C=O) groups is 3. The first kappa shape index (κ1) is 28.9. The fourth-order valence-corrected chi connectivity index (χ4v) is 9.73. The molecule has 3 aliphatic carbocycles. The van der Waals surface area contributed by atoms with E-state index in [-0.39, 0.29) is 43.0 Å². The molecule has 0 aromatic carbocycles. The molecular weight excluding hydrogens is 504 g/mol. The van der Waals surface area contributed by atoms with E-state index in [1.54, 1.807) is 20.8 Å². The third-order valence-corrected chi connectivity index (χ3v) is 11.7. The van der Waals surface area contributed by atoms with Crippen LogP contribution >= 0.6 is 0 Å². The molecule has 4 N–H and O–H groups in total. The Balaban J connectivity index is 1.60. The minimum Gasteiger partial charge on any atom is -0.461 e. The Kier molecular flexibility index (Phi) is 6.60. The van der Waals surface area contributed by atoms with Crippen LogP contribution in [0.5, 0.6) is 0 Å². The molecule has 0 amide bonds. The fraction of sp³-hybridized carbons (Fsp3) is 0.833. The number of aliphatic hydroxyl groups is 4. The number of rotatable bonds is 6. The van der Waals surface area contributed by atoms with Gasteiger partial charge in [0.1, 0.15) is 24.1 Å². The number of carbonyl (C=O) groups excluding carboxylic acids is 3. The topological polar surface area (TPSA) is 151 Å². The van der Waals surface area contributed by atoms with Gasteiger partial charge in [0, 0.05) is 29.6 Å². The minimum absolute atomic E-state index is 0.0310. The van der Waals surface area contributed by atoms with Crippen molar-refractivity contribution in [3.8, 4) is 0 Å². The van der Waals surface area contributed by atoms with Crippen LogP contribution in [0.4, 0.5) is 0 Å². The highest BCUT2D eigenvalue weighted by Crippen LogP contribution is 2.74. The average Bonchev–Trinajstić information content (AvgIpc) is 3.13. The van der Waals surface area contributed by atoms with Crippen LogP contribution in [0, 0.1) is 52.3 Å². The van der Waals surface area contributed by atoms with Crippen molar-refractivity contribution in [2.24, 2.45) is 52.3 Å². The second kappa shape index (κ2) is 8.92. The number of hydrogen-bond donors (Lipinski definition) is 4. The van der Waals surface area contributed by atoms with Crippen LogP contribution in [0.3, 0.4) is 0 Å². The first-order valence-corrected chi connectivity index (χ1v) is 14.4. The van der Waals surface area contributed by atoms with Crippen LogP contribution in [0.1, 0.15) is 67.7 Å². The average molecular weight is 549 g/mol. The lowest BCUT2D eigenvalue weighted by Gasteiger charge is -2.68. The SMILES string of the molecule is CC1=CC(=O)[C@@H](O)C2(C)C3[C@]45CO[C@]3(O)[C@H](O)C(C)C4C(CC(=O)CC(O)(C(C)C)C(C)C)C(=O)O[C@@H]5C[C@@H]12. The summed E-state index contributed by atoms with van der Waals surface area (Å²) in [4.78, 5) is 40.0. The van der Waals surface area contributed by atoms with Crippen molar-refractivity contribution in [3.05, 3.63) is 11.6 Å². The Bertz CT molecular complexity index is 1100. The Labute approximate surface area is 229 Å². The molecule has 5 unspecified atom stereocenters. The summed E-state index contributed by atoms with van der Waals surface area (Å²) >= 11 is 0. The van der Waals surface area contributed by atoms with Gasteiger partial charge in [-0.3, -0.25) is 14.4 Å². The Hall–Kier alpha value is -1.65. The van der Waals surface area contributed by atoms with E-state index in [1.165, 1.54) is 6.08 Å². The van der Waals surface area contributed by atoms with E-state index in [2.05, 4.69) is 0 Å². The van der Waals surface area contributed by atoms with E-state index < -0.39 is 76.0 Å². The molecule has 2 saturated carbocycles. The van der Waals surface area contributed by atoms with Gasteiger partial charge in [0.15, 0.2) is 11.6 Å². The van der Waals surface area contributed by atoms with Crippen LogP contribution in [0.25, 0.3) is 0 Å². The predicted molar refractivity (Wildman–Crippen MR) is 139 cm³/mol. The van der Waals surface area contributed by atoms with Gasteiger partial charge in [0.2, 0.25) is 0 Å². The summed E-state index contributed by atoms with van der Waals surface area (Å²) in [5.74, 6) is -7.18. The van der Waals surface area contributed by atoms with Crippen LogP contribution in [-0.4, -0.2) is 74.3 Å². The molecule has 5 aliphatic rings. The first-order chi connectivity index (χ1) is 18.0. The van der Waals surface area contributed by atoms with E-state index in [4.69, 9.17) is 9.47 Å². The van der Waals surface area contributed by atoms with Crippen LogP contribution in [0.2, 0.25) is 0 Å². The van der Waals surface area contributed by atoms with E-state index >= 15 is 0 Å². The fourth-order valence-electron chi connectivity index (χ4n) is 9.73. The normalized spacial score (nSPS) is 47.1. The number of ether oxygens (including phenoxy) is 2. The third kappa shape index (κ3) is 3.52. The third-order valence-electron chi connectivity index (χ3n) is 11.7. The van der Waals surface area contributed by atoms with E-state index in [0.29, 0.717) is 6.42 Å². The standard InChI is InChI=1S/C30H44O9/c1-13(2)29(36,14(3)4)11-17(31)9-18-22-16(6)23(33)30(37)26-27(7)19(15(5)8-20(32)24(27)34)10-21(39-25(18)35)28(22,26)12-38-30/h8,13-14,16,18-19,21-24,26,33-34,36-37H,9-12H2,1-7H3/t16?,18?,19-,21+,22?,23+,24+,26?,27?,28-,30+/m0/s1. The maximum Gasteiger partial charge on any atom is 0.309 e. The van der Waals surface area contributed by atoms with E-state index in [0.717, 1.165) is 5.57 Å². The van der Waals surface area contributed by atoms with Gasteiger partial charge in [-0.05, 0) is 49.0 Å². The molecule has 9 nitrogen and oxygen atoms in total. The quantitative estimate of drug-likeness (QED) is 0.364. The number of allylic oxidation sites excluding steroid dienone is 1. The van der Waals surface area contributed by atoms with E-state index in [1.807, 2.05) is 27.7 Å². The van der Waals surface area contributed by atoms with Crippen molar-refractivity contribution in [1.29, 1.82) is 0 Å². The van der Waals surface area contributed by atoms with Crippen LogP contribution in [-0.2, 0) is 23.9 Å². The van der Waals surface area contributed by atoms with Crippen molar-refractivity contribution in [3.63, 3.8) is 0 Å². The maximum atomic E-state index is 13.6. The molecule has 9 heteroatoms. The summed E-state index contributed by atoms with van der Waals surface area (Å²) in [5.41, 5.74) is -2.71.